The van der Waals surface area contributed by atoms with E-state index in [4.69, 9.17) is 37.2 Å². The Kier molecular flexibility index (Phi) is 6.62. The summed E-state index contributed by atoms with van der Waals surface area (Å²) in [6, 6.07) is 11.3. The van der Waals surface area contributed by atoms with Crippen molar-refractivity contribution in [2.45, 2.75) is 69.8 Å². The monoisotopic (exact) mass is 592 g/mol. The number of amides is 1. The van der Waals surface area contributed by atoms with Crippen LogP contribution in [0.15, 0.2) is 52.7 Å². The Morgan fingerprint density at radius 3 is 2.59 bits per heavy atom. The summed E-state index contributed by atoms with van der Waals surface area (Å²) >= 11 is 13.0. The van der Waals surface area contributed by atoms with Crippen LogP contribution in [0.25, 0.3) is 11.3 Å². The molecule has 1 aromatic heterocycles. The molecule has 212 valence electrons. The van der Waals surface area contributed by atoms with Crippen LogP contribution in [0.3, 0.4) is 0 Å². The van der Waals surface area contributed by atoms with Gasteiger partial charge in [-0.1, -0.05) is 40.5 Å². The van der Waals surface area contributed by atoms with E-state index < -0.39 is 5.41 Å². The van der Waals surface area contributed by atoms with E-state index in [1.54, 1.807) is 18.2 Å². The van der Waals surface area contributed by atoms with Crippen LogP contribution in [0, 0.1) is 5.92 Å². The zero-order chi connectivity index (χ0) is 28.3. The average molecular weight is 594 g/mol. The Morgan fingerprint density at radius 2 is 1.93 bits per heavy atom. The smallest absolute Gasteiger partial charge is 0.309 e. The average Bonchev–Trinajstić information content (AvgIpc) is 3.90. The summed E-state index contributed by atoms with van der Waals surface area (Å²) in [7, 11) is 0. The molecule has 3 aromatic rings. The molecular weight excluding hydrogens is 563 g/mol. The molecule has 2 aromatic carbocycles. The Labute approximate surface area is 248 Å². The van der Waals surface area contributed by atoms with Crippen molar-refractivity contribution in [3.05, 3.63) is 75.1 Å². The minimum Gasteiger partial charge on any atom is -0.489 e. The van der Waals surface area contributed by atoms with Gasteiger partial charge in [-0.25, -0.2) is 0 Å². The third-order valence-corrected chi connectivity index (χ3v) is 9.36. The molecule has 2 saturated carbocycles. The second-order valence-electron chi connectivity index (χ2n) is 11.4. The van der Waals surface area contributed by atoms with Gasteiger partial charge in [-0.15, -0.1) is 0 Å². The predicted molar refractivity (Wildman–Crippen MR) is 155 cm³/mol. The Hall–Kier alpha value is -3.29. The molecule has 0 N–H and O–H groups in total. The molecule has 0 bridgehead atoms. The van der Waals surface area contributed by atoms with Crippen LogP contribution in [-0.4, -0.2) is 23.6 Å². The number of fused-ring (bicyclic) bond motifs is 2. The fraction of sp³-hybridized carbons (Fsp3) is 0.406. The summed E-state index contributed by atoms with van der Waals surface area (Å²) in [6.45, 7) is 2.45. The Morgan fingerprint density at radius 1 is 1.15 bits per heavy atom. The predicted octanol–water partition coefficient (Wildman–Crippen LogP) is 7.73. The molecule has 2 heterocycles. The first-order chi connectivity index (χ1) is 19.9. The lowest BCUT2D eigenvalue weighted by Gasteiger charge is -2.27. The van der Waals surface area contributed by atoms with E-state index in [2.05, 4.69) is 5.16 Å². The van der Waals surface area contributed by atoms with Crippen molar-refractivity contribution in [1.29, 1.82) is 0 Å². The fourth-order valence-corrected chi connectivity index (χ4v) is 6.79. The van der Waals surface area contributed by atoms with Gasteiger partial charge in [0.15, 0.2) is 0 Å². The number of halogens is 2. The largest absolute Gasteiger partial charge is 0.489 e. The van der Waals surface area contributed by atoms with Crippen molar-refractivity contribution in [3.8, 4) is 17.0 Å². The molecule has 0 radical (unpaired) electrons. The SMILES string of the molecule is CCOC(=O)C1CC=C(N2C(=O)C3(CC3)c3cc(OCc4c(-c5c(Cl)cccc5Cl)noc4C4CC4)ccc32)CC1. The molecule has 7 rings (SSSR count). The molecule has 0 saturated heterocycles. The molecule has 7 nitrogen and oxygen atoms in total. The van der Waals surface area contributed by atoms with Crippen LogP contribution in [0.1, 0.15) is 74.7 Å². The van der Waals surface area contributed by atoms with Crippen molar-refractivity contribution < 1.29 is 23.6 Å². The first-order valence-electron chi connectivity index (χ1n) is 14.3. The van der Waals surface area contributed by atoms with Gasteiger partial charge in [0.05, 0.1) is 39.2 Å². The summed E-state index contributed by atoms with van der Waals surface area (Å²) in [4.78, 5) is 27.8. The third-order valence-electron chi connectivity index (χ3n) is 8.73. The summed E-state index contributed by atoms with van der Waals surface area (Å²) in [6.07, 6.45) is 7.70. The molecule has 1 atom stereocenters. The molecule has 9 heteroatoms. The molecule has 1 spiro atoms. The van der Waals surface area contributed by atoms with E-state index in [1.165, 1.54) is 0 Å². The van der Waals surface area contributed by atoms with E-state index in [9.17, 15) is 9.59 Å². The lowest BCUT2D eigenvalue weighted by atomic mass is 9.92. The highest BCUT2D eigenvalue weighted by Crippen LogP contribution is 2.59. The standard InChI is InChI=1S/C32H30Cl2N2O5/c1-2-39-30(37)19-8-10-20(11-9-19)36-26-13-12-21(16-23(26)32(14-15-32)31(36)38)40-17-22-28(35-41-29(22)18-6-7-18)27-24(33)4-3-5-25(27)34/h3-5,10,12-13,16,18-19H,2,6-9,11,14-15,17H2,1H3. The second-order valence-corrected chi connectivity index (χ2v) is 12.2. The first-order valence-corrected chi connectivity index (χ1v) is 15.1. The van der Waals surface area contributed by atoms with Gasteiger partial charge in [-0.2, -0.15) is 0 Å². The van der Waals surface area contributed by atoms with Crippen LogP contribution < -0.4 is 9.64 Å². The molecule has 3 aliphatic carbocycles. The zero-order valence-electron chi connectivity index (χ0n) is 22.8. The lowest BCUT2D eigenvalue weighted by Crippen LogP contribution is -2.33. The number of nitrogens with zero attached hydrogens (tertiary/aromatic N) is 2. The number of hydrogen-bond acceptors (Lipinski definition) is 6. The highest BCUT2D eigenvalue weighted by atomic mass is 35.5. The number of carbonyl (C=O) groups is 2. The van der Waals surface area contributed by atoms with Crippen molar-refractivity contribution in [2.75, 3.05) is 11.5 Å². The van der Waals surface area contributed by atoms with Crippen molar-refractivity contribution in [1.82, 2.24) is 5.16 Å². The van der Waals surface area contributed by atoms with Crippen LogP contribution in [-0.2, 0) is 26.3 Å². The molecule has 2 fully saturated rings. The van der Waals surface area contributed by atoms with Crippen LogP contribution in [0.5, 0.6) is 5.75 Å². The number of ether oxygens (including phenoxy) is 2. The molecule has 1 unspecified atom stereocenters. The quantitative estimate of drug-likeness (QED) is 0.249. The number of anilines is 1. The van der Waals surface area contributed by atoms with Crippen molar-refractivity contribution >= 4 is 40.8 Å². The summed E-state index contributed by atoms with van der Waals surface area (Å²) in [5, 5.41) is 5.37. The van der Waals surface area contributed by atoms with Gasteiger partial charge in [0.1, 0.15) is 23.8 Å². The normalized spacial score (nSPS) is 20.7. The minimum absolute atomic E-state index is 0.121. The number of allylic oxidation sites excluding steroid dienone is 2. The van der Waals surface area contributed by atoms with Gasteiger partial charge in [0, 0.05) is 17.2 Å². The van der Waals surface area contributed by atoms with Crippen LogP contribution in [0.2, 0.25) is 10.0 Å². The number of carbonyl (C=O) groups excluding carboxylic acids is 2. The van der Waals surface area contributed by atoms with Gasteiger partial charge in [-0.3, -0.25) is 14.5 Å². The topological polar surface area (TPSA) is 81.9 Å². The number of rotatable bonds is 8. The van der Waals surface area contributed by atoms with Gasteiger partial charge in [0.2, 0.25) is 5.91 Å². The second kappa shape index (κ2) is 10.2. The highest BCUT2D eigenvalue weighted by molar-refractivity contribution is 6.39. The van der Waals surface area contributed by atoms with E-state index in [0.29, 0.717) is 58.8 Å². The van der Waals surface area contributed by atoms with Crippen LogP contribution in [0.4, 0.5) is 5.69 Å². The maximum atomic E-state index is 13.7. The highest BCUT2D eigenvalue weighted by Gasteiger charge is 2.60. The molecular formula is C32H30Cl2N2O5. The lowest BCUT2D eigenvalue weighted by molar-refractivity contribution is -0.148. The van der Waals surface area contributed by atoms with Crippen molar-refractivity contribution in [3.63, 3.8) is 0 Å². The Balaban J connectivity index is 1.15. The summed E-state index contributed by atoms with van der Waals surface area (Å²) < 4.78 is 17.3. The van der Waals surface area contributed by atoms with Gasteiger partial charge < -0.3 is 14.0 Å². The number of esters is 1. The third kappa shape index (κ3) is 4.54. The molecule has 4 aliphatic rings. The van der Waals surface area contributed by atoms with Crippen LogP contribution >= 0.6 is 23.2 Å². The van der Waals surface area contributed by atoms with Gasteiger partial charge in [0.25, 0.3) is 0 Å². The van der Waals surface area contributed by atoms with E-state index in [0.717, 1.165) is 54.0 Å². The van der Waals surface area contributed by atoms with E-state index >= 15 is 0 Å². The number of hydrogen-bond donors (Lipinski definition) is 0. The maximum Gasteiger partial charge on any atom is 0.309 e. The van der Waals surface area contributed by atoms with E-state index in [-0.39, 0.29) is 24.4 Å². The van der Waals surface area contributed by atoms with E-state index in [1.807, 2.05) is 36.1 Å². The van der Waals surface area contributed by atoms with Gasteiger partial charge in [-0.05, 0) is 87.8 Å². The fourth-order valence-electron chi connectivity index (χ4n) is 6.22. The number of aromatic nitrogens is 1. The molecule has 41 heavy (non-hydrogen) atoms. The zero-order valence-corrected chi connectivity index (χ0v) is 24.3. The van der Waals surface area contributed by atoms with Crippen molar-refractivity contribution in [2.24, 2.45) is 5.92 Å². The number of benzene rings is 2. The Bertz CT molecular complexity index is 1570. The first kappa shape index (κ1) is 26.6. The maximum absolute atomic E-state index is 13.7. The van der Waals surface area contributed by atoms with Gasteiger partial charge >= 0.3 is 5.97 Å². The summed E-state index contributed by atoms with van der Waals surface area (Å²) in [5.41, 5.74) is 4.50. The molecule has 1 amide bonds. The summed E-state index contributed by atoms with van der Waals surface area (Å²) in [5.74, 6) is 1.64. The molecule has 1 aliphatic heterocycles. The minimum atomic E-state index is -0.486.